The highest BCUT2D eigenvalue weighted by Crippen LogP contribution is 2.62. The number of carbonyl (C=O) groups is 1. The van der Waals surface area contributed by atoms with E-state index in [1.807, 2.05) is 6.07 Å². The number of phenols is 2. The van der Waals surface area contributed by atoms with Gasteiger partial charge in [-0.25, -0.2) is 4.79 Å². The highest BCUT2D eigenvalue weighted by Gasteiger charge is 2.55. The number of benzene rings is 3. The van der Waals surface area contributed by atoms with Gasteiger partial charge in [-0.2, -0.15) is 0 Å². The van der Waals surface area contributed by atoms with Crippen LogP contribution in [0.3, 0.4) is 0 Å². The van der Waals surface area contributed by atoms with E-state index in [0.717, 1.165) is 0 Å². The van der Waals surface area contributed by atoms with Gasteiger partial charge >= 0.3 is 5.97 Å². The molecule has 3 aromatic carbocycles. The van der Waals surface area contributed by atoms with Crippen molar-refractivity contribution in [2.24, 2.45) is 0 Å². The Morgan fingerprint density at radius 2 is 1.62 bits per heavy atom. The average Bonchev–Trinajstić information content (AvgIpc) is 3.01. The number of hydrogen-bond donors (Lipinski definition) is 2. The number of halogens is 2. The molecule has 0 fully saturated rings. The molecule has 0 aromatic heterocycles. The second kappa shape index (κ2) is 5.81. The van der Waals surface area contributed by atoms with Crippen LogP contribution < -0.4 is 4.74 Å². The summed E-state index contributed by atoms with van der Waals surface area (Å²) in [5.74, 6) is -0.559. The van der Waals surface area contributed by atoms with Crippen LogP contribution in [0.4, 0.5) is 0 Å². The molecule has 0 saturated carbocycles. The van der Waals surface area contributed by atoms with Gasteiger partial charge in [0.05, 0.1) is 11.1 Å². The molecule has 0 amide bonds. The summed E-state index contributed by atoms with van der Waals surface area (Å²) >= 11 is 12.8. The predicted octanol–water partition coefficient (Wildman–Crippen LogP) is 5.59. The van der Waals surface area contributed by atoms with Crippen molar-refractivity contribution >= 4 is 29.2 Å². The summed E-state index contributed by atoms with van der Waals surface area (Å²) in [4.78, 5) is 12.8. The van der Waals surface area contributed by atoms with E-state index in [0.29, 0.717) is 33.4 Å². The summed E-state index contributed by atoms with van der Waals surface area (Å²) in [6, 6.07) is 10.1. The summed E-state index contributed by atoms with van der Waals surface area (Å²) in [5, 5.41) is 20.6. The zero-order valence-electron chi connectivity index (χ0n) is 15.3. The maximum atomic E-state index is 12.8. The van der Waals surface area contributed by atoms with Gasteiger partial charge in [-0.3, -0.25) is 0 Å². The van der Waals surface area contributed by atoms with E-state index in [2.05, 4.69) is 0 Å². The van der Waals surface area contributed by atoms with E-state index >= 15 is 0 Å². The molecule has 2 aliphatic heterocycles. The number of ether oxygens (including phenoxy) is 2. The molecule has 0 aliphatic carbocycles. The third kappa shape index (κ3) is 2.09. The number of esters is 1. The van der Waals surface area contributed by atoms with Gasteiger partial charge < -0.3 is 19.7 Å². The molecule has 1 spiro atoms. The first-order valence-corrected chi connectivity index (χ1v) is 9.59. The first-order valence-electron chi connectivity index (χ1n) is 8.83. The Kier molecular flexibility index (Phi) is 3.64. The summed E-state index contributed by atoms with van der Waals surface area (Å²) in [6.07, 6.45) is 0. The van der Waals surface area contributed by atoms with Crippen molar-refractivity contribution in [1.29, 1.82) is 0 Å². The number of aromatic hydroxyl groups is 2. The molecule has 0 bridgehead atoms. The second-order valence-electron chi connectivity index (χ2n) is 7.11. The predicted molar refractivity (Wildman–Crippen MR) is 108 cm³/mol. The van der Waals surface area contributed by atoms with Crippen molar-refractivity contribution < 1.29 is 24.5 Å². The van der Waals surface area contributed by atoms with Crippen molar-refractivity contribution in [2.75, 3.05) is 0 Å². The Bertz CT molecular complexity index is 1250. The van der Waals surface area contributed by atoms with Gasteiger partial charge in [-0.15, -0.1) is 0 Å². The molecule has 5 nitrogen and oxygen atoms in total. The van der Waals surface area contributed by atoms with Crippen LogP contribution in [0, 0.1) is 13.8 Å². The molecule has 3 aromatic rings. The quantitative estimate of drug-likeness (QED) is 0.456. The number of rotatable bonds is 0. The van der Waals surface area contributed by atoms with E-state index in [9.17, 15) is 15.0 Å². The summed E-state index contributed by atoms with van der Waals surface area (Å²) in [6.45, 7) is 3.53. The van der Waals surface area contributed by atoms with Crippen molar-refractivity contribution in [3.8, 4) is 23.0 Å². The van der Waals surface area contributed by atoms with Gasteiger partial charge in [0.15, 0.2) is 17.1 Å². The van der Waals surface area contributed by atoms with Crippen molar-refractivity contribution in [2.45, 2.75) is 19.4 Å². The molecule has 5 rings (SSSR count). The van der Waals surface area contributed by atoms with E-state index in [-0.39, 0.29) is 33.0 Å². The number of fused-ring (bicyclic) bond motifs is 6. The zero-order valence-corrected chi connectivity index (χ0v) is 16.9. The Morgan fingerprint density at radius 3 is 2.38 bits per heavy atom. The summed E-state index contributed by atoms with van der Waals surface area (Å²) in [5.41, 5.74) is 1.85. The first kappa shape index (κ1) is 18.2. The van der Waals surface area contributed by atoms with Crippen LogP contribution in [0.5, 0.6) is 23.0 Å². The summed E-state index contributed by atoms with van der Waals surface area (Å²) < 4.78 is 12.0. The molecule has 2 N–H and O–H groups in total. The first-order chi connectivity index (χ1) is 13.8. The molecular formula is C22H14Cl2O5. The number of hydrogen-bond acceptors (Lipinski definition) is 5. The Labute approximate surface area is 176 Å². The smallest absolute Gasteiger partial charge is 0.340 e. The normalized spacial score (nSPS) is 18.7. The topological polar surface area (TPSA) is 76.0 Å². The van der Waals surface area contributed by atoms with E-state index in [4.69, 9.17) is 32.7 Å². The summed E-state index contributed by atoms with van der Waals surface area (Å²) in [7, 11) is 0. The second-order valence-corrected chi connectivity index (χ2v) is 7.87. The van der Waals surface area contributed by atoms with E-state index in [1.165, 1.54) is 6.07 Å². The lowest BCUT2D eigenvalue weighted by Gasteiger charge is -2.38. The van der Waals surface area contributed by atoms with Crippen molar-refractivity contribution in [3.05, 3.63) is 79.8 Å². The average molecular weight is 429 g/mol. The van der Waals surface area contributed by atoms with E-state index < -0.39 is 11.6 Å². The Hall–Kier alpha value is -2.89. The molecule has 29 heavy (non-hydrogen) atoms. The maximum Gasteiger partial charge on any atom is 0.340 e. The number of carbonyl (C=O) groups excluding carboxylic acids is 1. The highest BCUT2D eigenvalue weighted by atomic mass is 35.5. The Balaban J connectivity index is 2.01. The van der Waals surface area contributed by atoms with Crippen molar-refractivity contribution in [1.82, 2.24) is 0 Å². The fraction of sp³-hybridized carbons (Fsp3) is 0.136. The SMILES string of the molecule is Cc1c(C)c2c(c(Cl)c1O)Oc1c(ccc(O)c1Cl)C21OC(=O)c2ccccc21. The van der Waals surface area contributed by atoms with Gasteiger partial charge in [0.2, 0.25) is 0 Å². The molecule has 1 unspecified atom stereocenters. The standard InChI is InChI=1S/C22H14Cl2O5/c1-9-10(2)18(26)17(24)20-15(9)22(12-6-4-3-5-11(12)21(27)29-22)13-7-8-14(25)16(23)19(13)28-20/h3-8,25-26H,1-2H3. The van der Waals surface area contributed by atoms with Crippen LogP contribution in [0.1, 0.15) is 38.2 Å². The van der Waals surface area contributed by atoms with Crippen LogP contribution in [0.2, 0.25) is 10.0 Å². The van der Waals surface area contributed by atoms with Crippen LogP contribution in [-0.4, -0.2) is 16.2 Å². The molecule has 2 aliphatic rings. The molecule has 0 saturated heterocycles. The number of phenolic OH excluding ortho intramolecular Hbond substituents is 2. The zero-order chi connectivity index (χ0) is 20.7. The van der Waals surface area contributed by atoms with Crippen LogP contribution in [0.25, 0.3) is 0 Å². The minimum absolute atomic E-state index is 0.0204. The van der Waals surface area contributed by atoms with Gasteiger partial charge in [0, 0.05) is 11.1 Å². The molecule has 0 radical (unpaired) electrons. The van der Waals surface area contributed by atoms with Crippen LogP contribution >= 0.6 is 23.2 Å². The van der Waals surface area contributed by atoms with Crippen LogP contribution in [-0.2, 0) is 10.3 Å². The Morgan fingerprint density at radius 1 is 0.897 bits per heavy atom. The minimum Gasteiger partial charge on any atom is -0.506 e. The van der Waals surface area contributed by atoms with Crippen LogP contribution in [0.15, 0.2) is 36.4 Å². The van der Waals surface area contributed by atoms with Gasteiger partial charge in [0.1, 0.15) is 21.5 Å². The van der Waals surface area contributed by atoms with Crippen molar-refractivity contribution in [3.63, 3.8) is 0 Å². The van der Waals surface area contributed by atoms with Gasteiger partial charge in [-0.05, 0) is 43.2 Å². The largest absolute Gasteiger partial charge is 0.506 e. The molecule has 2 heterocycles. The fourth-order valence-electron chi connectivity index (χ4n) is 4.20. The lowest BCUT2D eigenvalue weighted by atomic mass is 9.75. The molecule has 146 valence electrons. The monoisotopic (exact) mass is 428 g/mol. The highest BCUT2D eigenvalue weighted by molar-refractivity contribution is 6.35. The molecule has 1 atom stereocenters. The third-order valence-electron chi connectivity index (χ3n) is 5.71. The van der Waals surface area contributed by atoms with Gasteiger partial charge in [0.25, 0.3) is 0 Å². The van der Waals surface area contributed by atoms with Gasteiger partial charge in [-0.1, -0.05) is 41.4 Å². The fourth-order valence-corrected chi connectivity index (χ4v) is 4.68. The molecular weight excluding hydrogens is 415 g/mol. The lowest BCUT2D eigenvalue weighted by molar-refractivity contribution is 0.0222. The maximum absolute atomic E-state index is 12.8. The molecule has 7 heteroatoms. The lowest BCUT2D eigenvalue weighted by Crippen LogP contribution is -2.34. The van der Waals surface area contributed by atoms with E-state index in [1.54, 1.807) is 38.1 Å². The minimum atomic E-state index is -1.37. The third-order valence-corrected chi connectivity index (χ3v) is 6.43.